The molecule has 7 nitrogen and oxygen atoms in total. The largest absolute Gasteiger partial charge is 0.419 e. The Balaban J connectivity index is 1.47. The third kappa shape index (κ3) is 6.03. The molecule has 2 saturated heterocycles. The number of nitrogens with zero attached hydrogens (tertiary/aromatic N) is 4. The fourth-order valence-corrected chi connectivity index (χ4v) is 5.17. The number of benzene rings is 1. The van der Waals surface area contributed by atoms with Gasteiger partial charge in [-0.2, -0.15) is 13.2 Å². The van der Waals surface area contributed by atoms with Gasteiger partial charge in [0.15, 0.2) is 0 Å². The highest BCUT2D eigenvalue weighted by Crippen LogP contribution is 2.37. The minimum atomic E-state index is -4.51. The Morgan fingerprint density at radius 1 is 1.06 bits per heavy atom. The van der Waals surface area contributed by atoms with Crippen molar-refractivity contribution in [3.8, 4) is 0 Å². The molecule has 0 spiro atoms. The van der Waals surface area contributed by atoms with Crippen LogP contribution in [-0.4, -0.2) is 64.3 Å². The number of aromatic nitrogens is 2. The van der Waals surface area contributed by atoms with E-state index >= 15 is 0 Å². The van der Waals surface area contributed by atoms with E-state index in [0.29, 0.717) is 55.6 Å². The zero-order valence-electron chi connectivity index (χ0n) is 19.6. The molecule has 0 aliphatic carbocycles. The van der Waals surface area contributed by atoms with Gasteiger partial charge in [-0.05, 0) is 30.5 Å². The molecule has 2 aliphatic heterocycles. The molecule has 2 fully saturated rings. The van der Waals surface area contributed by atoms with Gasteiger partial charge in [0.2, 0.25) is 17.8 Å². The number of piperidine rings is 1. The third-order valence-electron chi connectivity index (χ3n) is 6.92. The molecule has 0 bridgehead atoms. The molecule has 3 heterocycles. The Labute approximate surface area is 217 Å². The van der Waals surface area contributed by atoms with Gasteiger partial charge in [0.1, 0.15) is 0 Å². The maximum Gasteiger partial charge on any atom is 0.419 e. The van der Waals surface area contributed by atoms with Gasteiger partial charge in [-0.25, -0.2) is 9.97 Å². The van der Waals surface area contributed by atoms with Gasteiger partial charge in [-0.15, -0.1) is 0 Å². The topological polar surface area (TPSA) is 78.4 Å². The first-order chi connectivity index (χ1) is 17.0. The van der Waals surface area contributed by atoms with Crippen LogP contribution in [0.4, 0.5) is 19.1 Å². The van der Waals surface area contributed by atoms with E-state index in [1.54, 1.807) is 17.0 Å². The van der Waals surface area contributed by atoms with Crippen molar-refractivity contribution < 1.29 is 22.8 Å². The third-order valence-corrected chi connectivity index (χ3v) is 7.65. The van der Waals surface area contributed by atoms with Crippen molar-refractivity contribution in [1.29, 1.82) is 0 Å². The van der Waals surface area contributed by atoms with Gasteiger partial charge in [0.05, 0.1) is 15.6 Å². The summed E-state index contributed by atoms with van der Waals surface area (Å²) in [5.41, 5.74) is 0.00132. The molecule has 1 aromatic carbocycles. The van der Waals surface area contributed by atoms with Crippen LogP contribution in [0.2, 0.25) is 10.0 Å². The first-order valence-electron chi connectivity index (χ1n) is 11.6. The van der Waals surface area contributed by atoms with E-state index in [-0.39, 0.29) is 35.5 Å². The van der Waals surface area contributed by atoms with Crippen molar-refractivity contribution in [3.05, 3.63) is 51.8 Å². The number of anilines is 1. The zero-order chi connectivity index (χ0) is 26.0. The molecule has 0 saturated carbocycles. The second-order valence-corrected chi connectivity index (χ2v) is 10.1. The van der Waals surface area contributed by atoms with Crippen LogP contribution < -0.4 is 5.32 Å². The average Bonchev–Trinajstić information content (AvgIpc) is 3.28. The van der Waals surface area contributed by atoms with E-state index < -0.39 is 11.7 Å². The summed E-state index contributed by atoms with van der Waals surface area (Å²) in [6.07, 6.45) is -1.79. The number of likely N-dealkylation sites (tertiary alicyclic amines) is 2. The summed E-state index contributed by atoms with van der Waals surface area (Å²) in [5.74, 6) is -0.135. The number of hydrogen-bond acceptors (Lipinski definition) is 5. The molecular formula is C24H26Cl2F3N5O2. The van der Waals surface area contributed by atoms with Crippen molar-refractivity contribution in [2.24, 2.45) is 11.8 Å². The highest BCUT2D eigenvalue weighted by atomic mass is 35.5. The van der Waals surface area contributed by atoms with E-state index in [1.807, 2.05) is 11.0 Å². The fourth-order valence-electron chi connectivity index (χ4n) is 4.87. The Kier molecular flexibility index (Phi) is 7.94. The molecule has 2 amide bonds. The maximum atomic E-state index is 13.3. The number of rotatable bonds is 5. The monoisotopic (exact) mass is 543 g/mol. The lowest BCUT2D eigenvalue weighted by molar-refractivity contribution is -0.139. The maximum absolute atomic E-state index is 13.3. The van der Waals surface area contributed by atoms with Crippen LogP contribution in [0.1, 0.15) is 36.8 Å². The first kappa shape index (κ1) is 26.5. The number of hydrogen-bond donors (Lipinski definition) is 1. The summed E-state index contributed by atoms with van der Waals surface area (Å²) >= 11 is 12.3. The van der Waals surface area contributed by atoms with Crippen molar-refractivity contribution in [3.63, 3.8) is 0 Å². The Morgan fingerprint density at radius 2 is 1.72 bits per heavy atom. The second kappa shape index (κ2) is 10.8. The van der Waals surface area contributed by atoms with Gasteiger partial charge in [0, 0.05) is 69.8 Å². The van der Waals surface area contributed by atoms with Crippen LogP contribution in [0, 0.1) is 11.8 Å². The summed E-state index contributed by atoms with van der Waals surface area (Å²) in [4.78, 5) is 36.1. The molecule has 2 aliphatic rings. The molecule has 36 heavy (non-hydrogen) atoms. The van der Waals surface area contributed by atoms with Gasteiger partial charge < -0.3 is 15.1 Å². The standard InChI is InChI=1S/C24H26Cl2F3N5O2/c1-14(35)33-6-4-15(5-7-33)22(36)34-12-17(19(13-34)16-2-3-20(25)21(26)8-16)9-30-23-31-10-18(11-32-23)24(27,28)29/h2-3,8,10-11,15,17,19H,4-7,9,12-13H2,1H3,(H,30,31,32)/t17?,19-/m1/s1. The molecule has 12 heteroatoms. The van der Waals surface area contributed by atoms with Crippen LogP contribution in [0.25, 0.3) is 0 Å². The highest BCUT2D eigenvalue weighted by Gasteiger charge is 2.39. The van der Waals surface area contributed by atoms with E-state index in [0.717, 1.165) is 18.0 Å². The van der Waals surface area contributed by atoms with Crippen LogP contribution in [0.3, 0.4) is 0 Å². The van der Waals surface area contributed by atoms with Crippen LogP contribution >= 0.6 is 23.2 Å². The summed E-state index contributed by atoms with van der Waals surface area (Å²) in [6.45, 7) is 3.94. The second-order valence-electron chi connectivity index (χ2n) is 9.24. The lowest BCUT2D eigenvalue weighted by atomic mass is 9.89. The van der Waals surface area contributed by atoms with Crippen molar-refractivity contribution in [2.45, 2.75) is 31.9 Å². The molecule has 194 valence electrons. The highest BCUT2D eigenvalue weighted by molar-refractivity contribution is 6.42. The van der Waals surface area contributed by atoms with Crippen LogP contribution in [-0.2, 0) is 15.8 Å². The van der Waals surface area contributed by atoms with E-state index in [4.69, 9.17) is 23.2 Å². The molecule has 0 radical (unpaired) electrons. The summed E-state index contributed by atoms with van der Waals surface area (Å²) in [7, 11) is 0. The summed E-state index contributed by atoms with van der Waals surface area (Å²) < 4.78 is 38.4. The zero-order valence-corrected chi connectivity index (χ0v) is 21.1. The molecule has 1 unspecified atom stereocenters. The lowest BCUT2D eigenvalue weighted by Gasteiger charge is -2.32. The predicted molar refractivity (Wildman–Crippen MR) is 130 cm³/mol. The molecule has 4 rings (SSSR count). The number of carbonyl (C=O) groups is 2. The SMILES string of the molecule is CC(=O)N1CCC(C(=O)N2CC(CNc3ncc(C(F)(F)F)cn3)[C@@H](c3ccc(Cl)c(Cl)c3)C2)CC1. The van der Waals surface area contributed by atoms with Crippen LogP contribution in [0.5, 0.6) is 0 Å². The van der Waals surface area contributed by atoms with Gasteiger partial charge in [0.25, 0.3) is 0 Å². The quantitative estimate of drug-likeness (QED) is 0.590. The Hall–Kier alpha value is -2.59. The normalized spacial score (nSPS) is 21.1. The number of nitrogens with one attached hydrogen (secondary N) is 1. The molecule has 2 atom stereocenters. The molecule has 1 aromatic heterocycles. The summed E-state index contributed by atoms with van der Waals surface area (Å²) in [5, 5.41) is 3.86. The molecule has 2 aromatic rings. The Bertz CT molecular complexity index is 1110. The van der Waals surface area contributed by atoms with Crippen molar-refractivity contribution >= 4 is 41.0 Å². The van der Waals surface area contributed by atoms with E-state index in [9.17, 15) is 22.8 Å². The lowest BCUT2D eigenvalue weighted by Crippen LogP contribution is -2.43. The average molecular weight is 544 g/mol. The van der Waals surface area contributed by atoms with Gasteiger partial charge in [-0.1, -0.05) is 29.3 Å². The number of amides is 2. The van der Waals surface area contributed by atoms with Crippen molar-refractivity contribution in [2.75, 3.05) is 38.0 Å². The number of carbonyl (C=O) groups excluding carboxylic acids is 2. The van der Waals surface area contributed by atoms with Crippen molar-refractivity contribution in [1.82, 2.24) is 19.8 Å². The number of halogens is 5. The van der Waals surface area contributed by atoms with E-state index in [1.165, 1.54) is 6.92 Å². The van der Waals surface area contributed by atoms with Gasteiger partial charge >= 0.3 is 6.18 Å². The molecular weight excluding hydrogens is 518 g/mol. The van der Waals surface area contributed by atoms with Gasteiger partial charge in [-0.3, -0.25) is 9.59 Å². The number of alkyl halides is 3. The molecule has 1 N–H and O–H groups in total. The minimum absolute atomic E-state index is 0.0124. The minimum Gasteiger partial charge on any atom is -0.354 e. The smallest absolute Gasteiger partial charge is 0.354 e. The first-order valence-corrected chi connectivity index (χ1v) is 12.4. The Morgan fingerprint density at radius 3 is 2.31 bits per heavy atom. The van der Waals surface area contributed by atoms with E-state index in [2.05, 4.69) is 15.3 Å². The summed E-state index contributed by atoms with van der Waals surface area (Å²) in [6, 6.07) is 5.37. The fraction of sp³-hybridized carbons (Fsp3) is 0.500. The predicted octanol–water partition coefficient (Wildman–Crippen LogP) is 4.71. The van der Waals surface area contributed by atoms with Crippen LogP contribution in [0.15, 0.2) is 30.6 Å².